The average molecular weight is 157 g/mol. The van der Waals surface area contributed by atoms with E-state index in [4.69, 9.17) is 0 Å². The fourth-order valence-corrected chi connectivity index (χ4v) is 0.381. The topological polar surface area (TPSA) is 47.6 Å². The molecule has 4 nitrogen and oxygen atoms in total. The van der Waals surface area contributed by atoms with Gasteiger partial charge in [-0.15, -0.1) is 0 Å². The maximum Gasteiger partial charge on any atom is 0.319 e. The summed E-state index contributed by atoms with van der Waals surface area (Å²) in [6.45, 7) is 2.35. The molecule has 0 saturated carbocycles. The molecule has 1 amide bonds. The number of hydrogen-bond acceptors (Lipinski definition) is 3. The number of carbonyl (C=O) groups is 1. The van der Waals surface area contributed by atoms with E-state index in [-0.39, 0.29) is 0 Å². The zero-order valence-electron chi connectivity index (χ0n) is 6.64. The van der Waals surface area contributed by atoms with E-state index < -0.39 is 5.91 Å². The lowest BCUT2D eigenvalue weighted by atomic mass is 10.6. The summed E-state index contributed by atoms with van der Waals surface area (Å²) >= 11 is 0. The zero-order valence-corrected chi connectivity index (χ0v) is 6.64. The molecule has 0 fully saturated rings. The normalized spacial score (nSPS) is 8.18. The van der Waals surface area contributed by atoms with Crippen LogP contribution in [0.1, 0.15) is 6.92 Å². The minimum atomic E-state index is -0.441. The van der Waals surface area contributed by atoms with Crippen LogP contribution in [0, 0.1) is 11.8 Å². The van der Waals surface area contributed by atoms with Gasteiger partial charge in [-0.3, -0.25) is 9.63 Å². The highest BCUT2D eigenvalue weighted by atomic mass is 16.7. The molecule has 0 heterocycles. The van der Waals surface area contributed by atoms with Crippen LogP contribution < -0.4 is 5.48 Å². The van der Waals surface area contributed by atoms with Gasteiger partial charge in [-0.25, -0.2) is 5.48 Å². The van der Waals surface area contributed by atoms with Crippen molar-refractivity contribution < 1.29 is 14.4 Å². The van der Waals surface area contributed by atoms with Gasteiger partial charge in [-0.2, -0.15) is 0 Å². The highest BCUT2D eigenvalue weighted by Crippen LogP contribution is 1.70. The third-order valence-corrected chi connectivity index (χ3v) is 0.793. The first-order chi connectivity index (χ1) is 5.31. The second-order valence-electron chi connectivity index (χ2n) is 1.65. The number of nitrogens with one attached hydrogen (secondary N) is 1. The minimum Gasteiger partial charge on any atom is -0.382 e. The molecular weight excluding hydrogens is 146 g/mol. The van der Waals surface area contributed by atoms with Crippen LogP contribution in [0.4, 0.5) is 0 Å². The average Bonchev–Trinajstić information content (AvgIpc) is 1.99. The summed E-state index contributed by atoms with van der Waals surface area (Å²) < 4.78 is 4.67. The van der Waals surface area contributed by atoms with Gasteiger partial charge in [-0.05, 0) is 12.8 Å². The predicted octanol–water partition coefficient (Wildman–Crippen LogP) is -0.296. The van der Waals surface area contributed by atoms with Crippen molar-refractivity contribution in [3.05, 3.63) is 0 Å². The van der Waals surface area contributed by atoms with E-state index in [1.807, 2.05) is 0 Å². The van der Waals surface area contributed by atoms with Crippen molar-refractivity contribution >= 4 is 5.91 Å². The monoisotopic (exact) mass is 157 g/mol. The molecule has 0 aromatic rings. The molecule has 0 aliphatic carbocycles. The Morgan fingerprint density at radius 2 is 2.27 bits per heavy atom. The summed E-state index contributed by atoms with van der Waals surface area (Å²) in [6, 6.07) is 0. The highest BCUT2D eigenvalue weighted by molar-refractivity contribution is 5.92. The smallest absolute Gasteiger partial charge is 0.319 e. The molecule has 0 unspecified atom stereocenters. The van der Waals surface area contributed by atoms with Gasteiger partial charge in [0.15, 0.2) is 0 Å². The molecule has 0 atom stereocenters. The number of ether oxygens (including phenoxy) is 1. The van der Waals surface area contributed by atoms with E-state index in [9.17, 15) is 4.79 Å². The predicted molar refractivity (Wildman–Crippen MR) is 39.4 cm³/mol. The number of hydrogen-bond donors (Lipinski definition) is 1. The van der Waals surface area contributed by atoms with Crippen molar-refractivity contribution in [3.8, 4) is 11.8 Å². The van der Waals surface area contributed by atoms with Crippen LogP contribution in [0.25, 0.3) is 0 Å². The first-order valence-electron chi connectivity index (χ1n) is 3.14. The van der Waals surface area contributed by atoms with Crippen molar-refractivity contribution in [2.24, 2.45) is 0 Å². The van der Waals surface area contributed by atoms with Crippen LogP contribution in [0.3, 0.4) is 0 Å². The minimum absolute atomic E-state index is 0.327. The third-order valence-electron chi connectivity index (χ3n) is 0.793. The highest BCUT2D eigenvalue weighted by Gasteiger charge is 1.92. The van der Waals surface area contributed by atoms with Crippen molar-refractivity contribution in [1.82, 2.24) is 5.48 Å². The van der Waals surface area contributed by atoms with Gasteiger partial charge in [0.2, 0.25) is 0 Å². The molecule has 0 spiro atoms. The SMILES string of the molecule is CC#CC(=O)NOCCOC. The molecule has 0 bridgehead atoms. The lowest BCUT2D eigenvalue weighted by Crippen LogP contribution is -2.23. The van der Waals surface area contributed by atoms with Gasteiger partial charge in [0.25, 0.3) is 0 Å². The molecule has 0 aromatic carbocycles. The number of methoxy groups -OCH3 is 1. The maximum absolute atomic E-state index is 10.6. The Labute approximate surface area is 65.8 Å². The van der Waals surface area contributed by atoms with Gasteiger partial charge in [-0.1, -0.05) is 5.92 Å². The molecule has 0 saturated heterocycles. The molecule has 0 aliphatic heterocycles. The fraction of sp³-hybridized carbons (Fsp3) is 0.571. The molecular formula is C7H11NO3. The Morgan fingerprint density at radius 3 is 2.82 bits per heavy atom. The Kier molecular flexibility index (Phi) is 6.39. The van der Waals surface area contributed by atoms with Crippen LogP contribution >= 0.6 is 0 Å². The van der Waals surface area contributed by atoms with E-state index in [1.165, 1.54) is 0 Å². The van der Waals surface area contributed by atoms with Gasteiger partial charge in [0.1, 0.15) is 0 Å². The Hall–Kier alpha value is -1.05. The number of amides is 1. The van der Waals surface area contributed by atoms with E-state index in [2.05, 4.69) is 26.9 Å². The van der Waals surface area contributed by atoms with Crippen molar-refractivity contribution in [2.45, 2.75) is 6.92 Å². The van der Waals surface area contributed by atoms with Crippen molar-refractivity contribution in [3.63, 3.8) is 0 Å². The zero-order chi connectivity index (χ0) is 8.53. The van der Waals surface area contributed by atoms with Crippen LogP contribution in [-0.4, -0.2) is 26.2 Å². The molecule has 1 N–H and O–H groups in total. The summed E-state index contributed by atoms with van der Waals surface area (Å²) in [5.74, 6) is 4.25. The lowest BCUT2D eigenvalue weighted by molar-refractivity contribution is -0.128. The Balaban J connectivity index is 3.22. The third kappa shape index (κ3) is 6.84. The largest absolute Gasteiger partial charge is 0.382 e. The Bertz CT molecular complexity index is 168. The molecule has 11 heavy (non-hydrogen) atoms. The number of hydroxylamine groups is 1. The quantitative estimate of drug-likeness (QED) is 0.346. The molecule has 0 aliphatic rings. The van der Waals surface area contributed by atoms with Crippen molar-refractivity contribution in [2.75, 3.05) is 20.3 Å². The van der Waals surface area contributed by atoms with Crippen LogP contribution in [0.5, 0.6) is 0 Å². The maximum atomic E-state index is 10.6. The van der Waals surface area contributed by atoms with Crippen LogP contribution in [0.15, 0.2) is 0 Å². The number of carbonyl (C=O) groups excluding carboxylic acids is 1. The lowest BCUT2D eigenvalue weighted by Gasteiger charge is -1.99. The first kappa shape index (κ1) is 9.95. The number of rotatable bonds is 4. The molecule has 0 radical (unpaired) electrons. The van der Waals surface area contributed by atoms with Gasteiger partial charge in [0, 0.05) is 7.11 Å². The first-order valence-corrected chi connectivity index (χ1v) is 3.14. The van der Waals surface area contributed by atoms with Crippen molar-refractivity contribution in [1.29, 1.82) is 0 Å². The molecule has 4 heteroatoms. The summed E-state index contributed by atoms with van der Waals surface area (Å²) in [6.07, 6.45) is 0. The van der Waals surface area contributed by atoms with Crippen LogP contribution in [-0.2, 0) is 14.4 Å². The van der Waals surface area contributed by atoms with E-state index in [0.717, 1.165) is 0 Å². The fourth-order valence-electron chi connectivity index (χ4n) is 0.381. The summed E-state index contributed by atoms with van der Waals surface area (Å²) in [5.41, 5.74) is 2.13. The molecule has 0 rings (SSSR count). The standard InChI is InChI=1S/C7H11NO3/c1-3-4-7(9)8-11-6-5-10-2/h5-6H2,1-2H3,(H,8,9). The Morgan fingerprint density at radius 1 is 1.55 bits per heavy atom. The van der Waals surface area contributed by atoms with E-state index in [0.29, 0.717) is 13.2 Å². The summed E-state index contributed by atoms with van der Waals surface area (Å²) in [7, 11) is 1.55. The summed E-state index contributed by atoms with van der Waals surface area (Å²) in [5, 5.41) is 0. The van der Waals surface area contributed by atoms with Crippen LogP contribution in [0.2, 0.25) is 0 Å². The van der Waals surface area contributed by atoms with E-state index >= 15 is 0 Å². The van der Waals surface area contributed by atoms with Gasteiger partial charge >= 0.3 is 5.91 Å². The molecule has 62 valence electrons. The molecule has 0 aromatic heterocycles. The van der Waals surface area contributed by atoms with Gasteiger partial charge in [0.05, 0.1) is 13.2 Å². The second-order valence-corrected chi connectivity index (χ2v) is 1.65. The van der Waals surface area contributed by atoms with Gasteiger partial charge < -0.3 is 4.74 Å². The summed E-state index contributed by atoms with van der Waals surface area (Å²) in [4.78, 5) is 15.2. The second kappa shape index (κ2) is 7.06. The van der Waals surface area contributed by atoms with E-state index in [1.54, 1.807) is 14.0 Å².